The van der Waals surface area contributed by atoms with Gasteiger partial charge in [0.1, 0.15) is 0 Å². The molecule has 0 bridgehead atoms. The lowest BCUT2D eigenvalue weighted by Gasteiger charge is -2.28. The molecule has 2 aromatic carbocycles. The number of ketones is 1. The van der Waals surface area contributed by atoms with E-state index in [2.05, 4.69) is 17.2 Å². The summed E-state index contributed by atoms with van der Waals surface area (Å²) in [4.78, 5) is 53.7. The van der Waals surface area contributed by atoms with E-state index < -0.39 is 30.1 Å². The van der Waals surface area contributed by atoms with E-state index in [9.17, 15) is 24.3 Å². The van der Waals surface area contributed by atoms with Crippen molar-refractivity contribution in [3.8, 4) is 11.8 Å². The highest BCUT2D eigenvalue weighted by Crippen LogP contribution is 2.36. The molecule has 0 spiro atoms. The van der Waals surface area contributed by atoms with Crippen LogP contribution in [-0.4, -0.2) is 65.3 Å². The first-order valence-corrected chi connectivity index (χ1v) is 13.5. The summed E-state index contributed by atoms with van der Waals surface area (Å²) in [6.07, 6.45) is 2.21. The Hall–Kier alpha value is -3.54. The van der Waals surface area contributed by atoms with Gasteiger partial charge in [0.2, 0.25) is 0 Å². The Kier molecular flexibility index (Phi) is 9.16. The Morgan fingerprint density at radius 2 is 1.92 bits per heavy atom. The van der Waals surface area contributed by atoms with Gasteiger partial charge in [0, 0.05) is 44.6 Å². The van der Waals surface area contributed by atoms with E-state index >= 15 is 0 Å². The molecule has 0 saturated heterocycles. The Bertz CT molecular complexity index is 1350. The summed E-state index contributed by atoms with van der Waals surface area (Å²) in [6.45, 7) is 0.805. The number of aliphatic carboxylic acids is 1. The van der Waals surface area contributed by atoms with Crippen LogP contribution >= 0.6 is 23.2 Å². The summed E-state index contributed by atoms with van der Waals surface area (Å²) in [6, 6.07) is 10.3. The molecule has 39 heavy (non-hydrogen) atoms. The van der Waals surface area contributed by atoms with E-state index in [0.717, 1.165) is 18.4 Å². The van der Waals surface area contributed by atoms with Gasteiger partial charge in [-0.1, -0.05) is 65.4 Å². The van der Waals surface area contributed by atoms with Crippen LogP contribution in [0.1, 0.15) is 51.1 Å². The number of hydrogen-bond donors (Lipinski definition) is 2. The zero-order valence-corrected chi connectivity index (χ0v) is 23.0. The number of nitrogens with one attached hydrogen (secondary N) is 1. The monoisotopic (exact) mass is 569 g/mol. The molecule has 2 aliphatic rings. The minimum Gasteiger partial charge on any atom is -0.481 e. The maximum atomic E-state index is 13.2. The molecule has 0 aromatic heterocycles. The average molecular weight is 570 g/mol. The largest absolute Gasteiger partial charge is 0.481 e. The fraction of sp³-hybridized carbons (Fsp3) is 0.379. The zero-order chi connectivity index (χ0) is 28.1. The lowest BCUT2D eigenvalue weighted by Crippen LogP contribution is -2.41. The highest BCUT2D eigenvalue weighted by atomic mass is 35.5. The summed E-state index contributed by atoms with van der Waals surface area (Å²) in [5, 5.41) is 12.4. The molecule has 0 unspecified atom stereocenters. The third-order valence-corrected chi connectivity index (χ3v) is 7.51. The van der Waals surface area contributed by atoms with Gasteiger partial charge in [0.05, 0.1) is 28.1 Å². The van der Waals surface area contributed by atoms with E-state index in [1.807, 2.05) is 30.3 Å². The van der Waals surface area contributed by atoms with Crippen molar-refractivity contribution in [2.24, 2.45) is 11.8 Å². The van der Waals surface area contributed by atoms with Crippen molar-refractivity contribution in [2.75, 3.05) is 26.7 Å². The number of rotatable bonds is 9. The van der Waals surface area contributed by atoms with Crippen LogP contribution in [0, 0.1) is 23.7 Å². The minimum absolute atomic E-state index is 0.00868. The van der Waals surface area contributed by atoms with Gasteiger partial charge in [-0.2, -0.15) is 0 Å². The third kappa shape index (κ3) is 7.11. The van der Waals surface area contributed by atoms with Crippen LogP contribution in [0.5, 0.6) is 0 Å². The number of hydrogen-bond acceptors (Lipinski definition) is 4. The van der Waals surface area contributed by atoms with Crippen LogP contribution < -0.4 is 5.32 Å². The number of fused-ring (bicyclic) bond motifs is 1. The fourth-order valence-electron chi connectivity index (χ4n) is 4.38. The molecular formula is C29H29Cl2N3O5. The van der Waals surface area contributed by atoms with Crippen LogP contribution in [0.25, 0.3) is 0 Å². The Morgan fingerprint density at radius 3 is 2.59 bits per heavy atom. The van der Waals surface area contributed by atoms with Gasteiger partial charge >= 0.3 is 12.0 Å². The number of urea groups is 1. The number of nitrogens with zero attached hydrogens (tertiary/aromatic N) is 2. The van der Waals surface area contributed by atoms with Crippen molar-refractivity contribution in [3.63, 3.8) is 0 Å². The molecule has 1 fully saturated rings. The fourth-order valence-corrected chi connectivity index (χ4v) is 5.14. The van der Waals surface area contributed by atoms with Crippen molar-refractivity contribution in [1.82, 2.24) is 15.1 Å². The number of Topliss-reactive ketones (excluding diaryl/α,β-unsaturated/α-hetero) is 1. The number of carboxylic acid groups (broad SMARTS) is 1. The van der Waals surface area contributed by atoms with Crippen molar-refractivity contribution in [2.45, 2.75) is 32.2 Å². The van der Waals surface area contributed by atoms with Crippen molar-refractivity contribution in [3.05, 3.63) is 68.7 Å². The SMILES string of the molecule is CN(Cc1ccccc1)C(=O)NC[C@H](CC(=O)c1c(Cl)cc2c(c1Cl)CCN(CC#CC1CC1)C2=O)C(=O)O. The van der Waals surface area contributed by atoms with Gasteiger partial charge in [0.25, 0.3) is 5.91 Å². The van der Waals surface area contributed by atoms with E-state index in [4.69, 9.17) is 23.2 Å². The topological polar surface area (TPSA) is 107 Å². The predicted octanol–water partition coefficient (Wildman–Crippen LogP) is 4.52. The van der Waals surface area contributed by atoms with E-state index in [1.165, 1.54) is 11.0 Å². The number of carbonyl (C=O) groups excluding carboxylic acids is 3. The first kappa shape index (κ1) is 28.5. The molecule has 1 aliphatic heterocycles. The molecule has 204 valence electrons. The zero-order valence-electron chi connectivity index (χ0n) is 21.5. The lowest BCUT2D eigenvalue weighted by atomic mass is 9.92. The third-order valence-electron chi connectivity index (χ3n) is 6.79. The molecule has 3 amide bonds. The van der Waals surface area contributed by atoms with Crippen LogP contribution in [0.4, 0.5) is 4.79 Å². The van der Waals surface area contributed by atoms with E-state index in [0.29, 0.717) is 43.1 Å². The Morgan fingerprint density at radius 1 is 1.21 bits per heavy atom. The molecule has 1 aliphatic carbocycles. The van der Waals surface area contributed by atoms with Crippen LogP contribution in [0.15, 0.2) is 36.4 Å². The van der Waals surface area contributed by atoms with Gasteiger partial charge in [-0.25, -0.2) is 4.79 Å². The molecule has 1 atom stereocenters. The Labute approximate surface area is 237 Å². The summed E-state index contributed by atoms with van der Waals surface area (Å²) < 4.78 is 0. The number of halogens is 2. The summed E-state index contributed by atoms with van der Waals surface area (Å²) in [7, 11) is 1.60. The summed E-state index contributed by atoms with van der Waals surface area (Å²) in [5.41, 5.74) is 1.75. The molecule has 1 saturated carbocycles. The maximum Gasteiger partial charge on any atom is 0.317 e. The molecule has 8 nitrogen and oxygen atoms in total. The standard InChI is InChI=1S/C29H29Cl2N3O5/c1-33(17-19-6-3-2-4-7-19)29(39)32-16-20(28(37)38)14-24(35)25-23(30)15-22-21(26(25)31)11-13-34(27(22)36)12-5-8-18-9-10-18/h2-4,6-7,15,18,20H,9-14,16-17H2,1H3,(H,32,39)(H,37,38)/t20-/m0/s1. The molecular weight excluding hydrogens is 541 g/mol. The number of amides is 3. The minimum atomic E-state index is -1.24. The van der Waals surface area contributed by atoms with Gasteiger partial charge in [-0.15, -0.1) is 0 Å². The number of carbonyl (C=O) groups is 4. The number of benzene rings is 2. The van der Waals surface area contributed by atoms with Crippen molar-refractivity contribution < 1.29 is 24.3 Å². The van der Waals surface area contributed by atoms with Crippen molar-refractivity contribution in [1.29, 1.82) is 0 Å². The summed E-state index contributed by atoms with van der Waals surface area (Å²) >= 11 is 13.0. The maximum absolute atomic E-state index is 13.2. The summed E-state index contributed by atoms with van der Waals surface area (Å²) in [5.74, 6) is 3.37. The van der Waals surface area contributed by atoms with Gasteiger partial charge < -0.3 is 20.2 Å². The average Bonchev–Trinajstić information content (AvgIpc) is 3.73. The molecule has 10 heteroatoms. The van der Waals surface area contributed by atoms with Gasteiger partial charge in [-0.05, 0) is 36.5 Å². The van der Waals surface area contributed by atoms with Gasteiger partial charge in [-0.3, -0.25) is 14.4 Å². The van der Waals surface area contributed by atoms with Crippen LogP contribution in [0.3, 0.4) is 0 Å². The second kappa shape index (κ2) is 12.5. The molecule has 2 N–H and O–H groups in total. The molecule has 1 heterocycles. The normalized spacial score (nSPS) is 15.1. The first-order valence-electron chi connectivity index (χ1n) is 12.7. The van der Waals surface area contributed by atoms with Crippen LogP contribution in [0.2, 0.25) is 10.0 Å². The first-order chi connectivity index (χ1) is 18.7. The molecule has 4 rings (SSSR count). The predicted molar refractivity (Wildman–Crippen MR) is 148 cm³/mol. The molecule has 0 radical (unpaired) electrons. The van der Waals surface area contributed by atoms with E-state index in [-0.39, 0.29) is 28.1 Å². The second-order valence-electron chi connectivity index (χ2n) is 9.84. The number of carboxylic acids is 1. The highest BCUT2D eigenvalue weighted by Gasteiger charge is 2.32. The molecule has 2 aromatic rings. The lowest BCUT2D eigenvalue weighted by molar-refractivity contribution is -0.141. The smallest absolute Gasteiger partial charge is 0.317 e. The highest BCUT2D eigenvalue weighted by molar-refractivity contribution is 6.41. The van der Waals surface area contributed by atoms with Crippen molar-refractivity contribution >= 4 is 46.9 Å². The van der Waals surface area contributed by atoms with Crippen LogP contribution in [-0.2, 0) is 17.8 Å². The quantitative estimate of drug-likeness (QED) is 0.341. The van der Waals surface area contributed by atoms with E-state index in [1.54, 1.807) is 11.9 Å². The van der Waals surface area contributed by atoms with Gasteiger partial charge in [0.15, 0.2) is 5.78 Å². The Balaban J connectivity index is 1.41. The second-order valence-corrected chi connectivity index (χ2v) is 10.6.